The Hall–Kier alpha value is -2.09. The highest BCUT2D eigenvalue weighted by Crippen LogP contribution is 2.15. The third kappa shape index (κ3) is 3.27. The van der Waals surface area contributed by atoms with E-state index in [0.29, 0.717) is 6.54 Å². The van der Waals surface area contributed by atoms with E-state index in [4.69, 9.17) is 0 Å². The highest BCUT2D eigenvalue weighted by molar-refractivity contribution is 6.00. The average molecular weight is 267 g/mol. The number of Topliss-reactive ketones (excluding diaryl/α,β-unsaturated/α-hetero) is 1. The summed E-state index contributed by atoms with van der Waals surface area (Å²) in [4.78, 5) is 12.2. The predicted octanol–water partition coefficient (Wildman–Crippen LogP) is 4.22. The zero-order valence-corrected chi connectivity index (χ0v) is 12.6. The van der Waals surface area contributed by atoms with Crippen LogP contribution in [0.3, 0.4) is 0 Å². The summed E-state index contributed by atoms with van der Waals surface area (Å²) in [6.07, 6.45) is 0. The number of anilines is 1. The van der Waals surface area contributed by atoms with Gasteiger partial charge in [-0.1, -0.05) is 29.8 Å². The maximum absolute atomic E-state index is 12.2. The molecule has 2 rings (SSSR count). The summed E-state index contributed by atoms with van der Waals surface area (Å²) < 4.78 is 0. The summed E-state index contributed by atoms with van der Waals surface area (Å²) >= 11 is 0. The molecule has 0 saturated heterocycles. The maximum atomic E-state index is 12.2. The lowest BCUT2D eigenvalue weighted by Gasteiger charge is -2.10. The molecule has 0 bridgehead atoms. The van der Waals surface area contributed by atoms with Crippen LogP contribution in [0.1, 0.15) is 32.6 Å². The Morgan fingerprint density at radius 1 is 0.900 bits per heavy atom. The van der Waals surface area contributed by atoms with Crippen LogP contribution in [-0.2, 0) is 0 Å². The molecule has 0 aliphatic heterocycles. The third-order valence-corrected chi connectivity index (χ3v) is 3.64. The van der Waals surface area contributed by atoms with Crippen molar-refractivity contribution >= 4 is 11.5 Å². The van der Waals surface area contributed by atoms with Crippen molar-refractivity contribution in [2.45, 2.75) is 27.7 Å². The highest BCUT2D eigenvalue weighted by atomic mass is 16.1. The predicted molar refractivity (Wildman–Crippen MR) is 84.7 cm³/mol. The number of hydrogen-bond donors (Lipinski definition) is 1. The van der Waals surface area contributed by atoms with Gasteiger partial charge < -0.3 is 5.32 Å². The van der Waals surface area contributed by atoms with Crippen molar-refractivity contribution in [1.82, 2.24) is 0 Å². The Labute approximate surface area is 120 Å². The third-order valence-electron chi connectivity index (χ3n) is 3.64. The van der Waals surface area contributed by atoms with E-state index in [1.807, 2.05) is 38.1 Å². The molecule has 20 heavy (non-hydrogen) atoms. The van der Waals surface area contributed by atoms with E-state index in [1.165, 1.54) is 16.7 Å². The minimum absolute atomic E-state index is 0.126. The molecule has 0 saturated carbocycles. The van der Waals surface area contributed by atoms with Crippen LogP contribution in [0.5, 0.6) is 0 Å². The van der Waals surface area contributed by atoms with Crippen LogP contribution in [0.2, 0.25) is 0 Å². The van der Waals surface area contributed by atoms with Gasteiger partial charge in [-0.25, -0.2) is 0 Å². The number of rotatable bonds is 4. The first kappa shape index (κ1) is 14.3. The number of carbonyl (C=O) groups excluding carboxylic acids is 1. The Morgan fingerprint density at radius 3 is 2.30 bits per heavy atom. The van der Waals surface area contributed by atoms with E-state index in [1.54, 1.807) is 0 Å². The second kappa shape index (κ2) is 5.91. The summed E-state index contributed by atoms with van der Waals surface area (Å²) in [5.74, 6) is 0.126. The van der Waals surface area contributed by atoms with Crippen molar-refractivity contribution in [3.05, 3.63) is 64.2 Å². The molecule has 0 aliphatic rings. The van der Waals surface area contributed by atoms with Gasteiger partial charge in [0.15, 0.2) is 5.78 Å². The quantitative estimate of drug-likeness (QED) is 0.840. The summed E-state index contributed by atoms with van der Waals surface area (Å²) in [6.45, 7) is 8.50. The number of benzene rings is 2. The van der Waals surface area contributed by atoms with E-state index in [2.05, 4.69) is 31.3 Å². The Bertz CT molecular complexity index is 644. The molecule has 0 aromatic heterocycles. The van der Waals surface area contributed by atoms with Crippen molar-refractivity contribution in [3.63, 3.8) is 0 Å². The molecular weight excluding hydrogens is 246 g/mol. The first-order valence-electron chi connectivity index (χ1n) is 6.89. The lowest BCUT2D eigenvalue weighted by Crippen LogP contribution is -2.15. The fourth-order valence-corrected chi connectivity index (χ4v) is 2.26. The minimum atomic E-state index is 0.126. The highest BCUT2D eigenvalue weighted by Gasteiger charge is 2.08. The molecule has 2 nitrogen and oxygen atoms in total. The molecule has 2 aromatic carbocycles. The molecule has 0 amide bonds. The topological polar surface area (TPSA) is 29.1 Å². The van der Waals surface area contributed by atoms with Gasteiger partial charge in [0.2, 0.25) is 0 Å². The van der Waals surface area contributed by atoms with Gasteiger partial charge in [-0.15, -0.1) is 0 Å². The number of hydrogen-bond acceptors (Lipinski definition) is 2. The molecule has 0 fully saturated rings. The Kier molecular flexibility index (Phi) is 4.23. The number of carbonyl (C=O) groups is 1. The monoisotopic (exact) mass is 267 g/mol. The molecular formula is C18H21NO. The zero-order chi connectivity index (χ0) is 14.7. The Balaban J connectivity index is 2.06. The van der Waals surface area contributed by atoms with Crippen molar-refractivity contribution in [1.29, 1.82) is 0 Å². The van der Waals surface area contributed by atoms with Crippen LogP contribution in [0, 0.1) is 27.7 Å². The van der Waals surface area contributed by atoms with Crippen LogP contribution in [0.15, 0.2) is 36.4 Å². The molecule has 0 spiro atoms. The maximum Gasteiger partial charge on any atom is 0.182 e. The van der Waals surface area contributed by atoms with Crippen LogP contribution in [-0.4, -0.2) is 12.3 Å². The molecule has 0 atom stereocenters. The fourth-order valence-electron chi connectivity index (χ4n) is 2.26. The standard InChI is InChI=1S/C18H21NO/c1-12-5-8-17(15(4)9-12)18(20)11-19-16-7-6-13(2)14(3)10-16/h5-10,19H,11H2,1-4H3. The lowest BCUT2D eigenvalue weighted by atomic mass is 10.0. The van der Waals surface area contributed by atoms with Crippen molar-refractivity contribution in [2.24, 2.45) is 0 Å². The molecule has 2 heteroatoms. The van der Waals surface area contributed by atoms with Gasteiger partial charge in [0.25, 0.3) is 0 Å². The SMILES string of the molecule is Cc1ccc(C(=O)CNc2ccc(C)c(C)c2)c(C)c1. The zero-order valence-electron chi connectivity index (χ0n) is 12.6. The molecule has 104 valence electrons. The first-order valence-corrected chi connectivity index (χ1v) is 6.89. The summed E-state index contributed by atoms with van der Waals surface area (Å²) in [6, 6.07) is 12.1. The van der Waals surface area contributed by atoms with E-state index in [9.17, 15) is 4.79 Å². The largest absolute Gasteiger partial charge is 0.378 e. The van der Waals surface area contributed by atoms with E-state index in [0.717, 1.165) is 16.8 Å². The van der Waals surface area contributed by atoms with Crippen LogP contribution >= 0.6 is 0 Å². The first-order chi connectivity index (χ1) is 9.47. The minimum Gasteiger partial charge on any atom is -0.378 e. The molecule has 0 radical (unpaired) electrons. The van der Waals surface area contributed by atoms with E-state index in [-0.39, 0.29) is 5.78 Å². The van der Waals surface area contributed by atoms with Gasteiger partial charge in [0, 0.05) is 11.3 Å². The van der Waals surface area contributed by atoms with Gasteiger partial charge >= 0.3 is 0 Å². The second-order valence-electron chi connectivity index (χ2n) is 5.39. The van der Waals surface area contributed by atoms with Gasteiger partial charge in [-0.05, 0) is 56.5 Å². The summed E-state index contributed by atoms with van der Waals surface area (Å²) in [7, 11) is 0. The van der Waals surface area contributed by atoms with Gasteiger partial charge in [-0.2, -0.15) is 0 Å². The second-order valence-corrected chi connectivity index (χ2v) is 5.39. The number of ketones is 1. The van der Waals surface area contributed by atoms with Crippen molar-refractivity contribution in [2.75, 3.05) is 11.9 Å². The molecule has 0 aliphatic carbocycles. The number of nitrogens with one attached hydrogen (secondary N) is 1. The summed E-state index contributed by atoms with van der Waals surface area (Å²) in [5.41, 5.74) is 6.50. The lowest BCUT2D eigenvalue weighted by molar-refractivity contribution is 0.101. The summed E-state index contributed by atoms with van der Waals surface area (Å²) in [5, 5.41) is 3.20. The molecule has 0 heterocycles. The number of aryl methyl sites for hydroxylation is 4. The normalized spacial score (nSPS) is 10.4. The van der Waals surface area contributed by atoms with Crippen LogP contribution in [0.4, 0.5) is 5.69 Å². The van der Waals surface area contributed by atoms with Gasteiger partial charge in [0.05, 0.1) is 6.54 Å². The van der Waals surface area contributed by atoms with E-state index < -0.39 is 0 Å². The Morgan fingerprint density at radius 2 is 1.65 bits per heavy atom. The fraction of sp³-hybridized carbons (Fsp3) is 0.278. The van der Waals surface area contributed by atoms with Crippen molar-refractivity contribution < 1.29 is 4.79 Å². The molecule has 2 aromatic rings. The smallest absolute Gasteiger partial charge is 0.182 e. The molecule has 1 N–H and O–H groups in total. The van der Waals surface area contributed by atoms with Gasteiger partial charge in [-0.3, -0.25) is 4.79 Å². The van der Waals surface area contributed by atoms with Crippen LogP contribution < -0.4 is 5.32 Å². The van der Waals surface area contributed by atoms with Gasteiger partial charge in [0.1, 0.15) is 0 Å². The van der Waals surface area contributed by atoms with Crippen molar-refractivity contribution in [3.8, 4) is 0 Å². The molecule has 0 unspecified atom stereocenters. The average Bonchev–Trinajstić information content (AvgIpc) is 2.40. The van der Waals surface area contributed by atoms with E-state index >= 15 is 0 Å². The van der Waals surface area contributed by atoms with Crippen LogP contribution in [0.25, 0.3) is 0 Å².